The summed E-state index contributed by atoms with van der Waals surface area (Å²) in [6.45, 7) is 0.375. The first-order valence-corrected chi connectivity index (χ1v) is 9.59. The van der Waals surface area contributed by atoms with Gasteiger partial charge in [-0.1, -0.05) is 11.6 Å². The average molecular weight is 375 g/mol. The second-order valence-electron chi connectivity index (χ2n) is 5.51. The van der Waals surface area contributed by atoms with Crippen LogP contribution in [0.1, 0.15) is 6.42 Å². The van der Waals surface area contributed by atoms with Crippen molar-refractivity contribution in [2.24, 2.45) is 0 Å². The van der Waals surface area contributed by atoms with E-state index in [0.717, 1.165) is 0 Å². The molecule has 1 atom stereocenters. The van der Waals surface area contributed by atoms with Crippen LogP contribution in [0.5, 0.6) is 0 Å². The number of rotatable bonds is 5. The predicted molar refractivity (Wildman–Crippen MR) is 90.7 cm³/mol. The van der Waals surface area contributed by atoms with Gasteiger partial charge in [0.2, 0.25) is 0 Å². The van der Waals surface area contributed by atoms with Gasteiger partial charge in [0.25, 0.3) is 0 Å². The Morgan fingerprint density at radius 2 is 2.00 bits per heavy atom. The van der Waals surface area contributed by atoms with Gasteiger partial charge in [-0.05, 0) is 30.7 Å². The van der Waals surface area contributed by atoms with Gasteiger partial charge in [-0.25, -0.2) is 8.42 Å². The summed E-state index contributed by atoms with van der Waals surface area (Å²) in [5.74, 6) is -1.70. The molecule has 0 aromatic heterocycles. The van der Waals surface area contributed by atoms with E-state index < -0.39 is 27.7 Å². The lowest BCUT2D eigenvalue weighted by molar-refractivity contribution is -0.144. The molecule has 1 N–H and O–H groups in total. The number of carbonyl (C=O) groups is 2. The first-order chi connectivity index (χ1) is 11.3. The molecular formula is C15H19ClN2O5S. The van der Waals surface area contributed by atoms with Crippen LogP contribution in [0.25, 0.3) is 0 Å². The molecule has 0 radical (unpaired) electrons. The summed E-state index contributed by atoms with van der Waals surface area (Å²) in [7, 11) is -1.70. The van der Waals surface area contributed by atoms with Gasteiger partial charge in [0, 0.05) is 30.4 Å². The van der Waals surface area contributed by atoms with Gasteiger partial charge in [-0.3, -0.25) is 9.59 Å². The molecule has 1 aromatic rings. The third kappa shape index (κ3) is 4.93. The van der Waals surface area contributed by atoms with Crippen LogP contribution in [0.15, 0.2) is 24.3 Å². The molecule has 1 aliphatic heterocycles. The number of anilines is 1. The van der Waals surface area contributed by atoms with E-state index in [9.17, 15) is 18.0 Å². The van der Waals surface area contributed by atoms with Crippen molar-refractivity contribution >= 4 is 38.9 Å². The highest BCUT2D eigenvalue weighted by Gasteiger charge is 2.36. The maximum absolute atomic E-state index is 12.5. The third-order valence-electron chi connectivity index (χ3n) is 3.74. The highest BCUT2D eigenvalue weighted by molar-refractivity contribution is 7.91. The molecule has 1 unspecified atom stereocenters. The molecule has 0 spiro atoms. The van der Waals surface area contributed by atoms with Crippen LogP contribution in [-0.4, -0.2) is 62.9 Å². The van der Waals surface area contributed by atoms with Crippen LogP contribution in [0.3, 0.4) is 0 Å². The summed E-state index contributed by atoms with van der Waals surface area (Å²) in [6.07, 6.45) is 0.325. The lowest BCUT2D eigenvalue weighted by Crippen LogP contribution is -2.47. The van der Waals surface area contributed by atoms with E-state index in [-0.39, 0.29) is 24.7 Å². The van der Waals surface area contributed by atoms with Crippen LogP contribution in [-0.2, 0) is 24.2 Å². The minimum atomic E-state index is -3.17. The molecule has 2 rings (SSSR count). The number of benzene rings is 1. The Bertz CT molecular complexity index is 705. The summed E-state index contributed by atoms with van der Waals surface area (Å²) in [4.78, 5) is 25.9. The number of nitrogens with one attached hydrogen (secondary N) is 1. The van der Waals surface area contributed by atoms with Crippen molar-refractivity contribution in [3.05, 3.63) is 29.3 Å². The molecule has 1 saturated heterocycles. The molecule has 1 aromatic carbocycles. The molecule has 2 amide bonds. The molecule has 132 valence electrons. The Morgan fingerprint density at radius 3 is 2.54 bits per heavy atom. The zero-order chi connectivity index (χ0) is 17.7. The molecule has 0 bridgehead atoms. The Morgan fingerprint density at radius 1 is 1.33 bits per heavy atom. The Hall–Kier alpha value is -1.64. The standard InChI is InChI=1S/C15H19ClN2O5S/c1-23-8-7-18(13-6-9-24(21,22)10-13)15(20)14(19)17-12-4-2-11(16)3-5-12/h2-5,13H,6-10H2,1H3,(H,17,19). The van der Waals surface area contributed by atoms with Crippen molar-refractivity contribution in [1.82, 2.24) is 4.90 Å². The molecule has 0 aliphatic carbocycles. The molecular weight excluding hydrogens is 356 g/mol. The highest BCUT2D eigenvalue weighted by atomic mass is 35.5. The topological polar surface area (TPSA) is 92.8 Å². The van der Waals surface area contributed by atoms with E-state index in [4.69, 9.17) is 16.3 Å². The number of hydrogen-bond acceptors (Lipinski definition) is 5. The third-order valence-corrected chi connectivity index (χ3v) is 5.75. The number of hydrogen-bond donors (Lipinski definition) is 1. The van der Waals surface area contributed by atoms with Gasteiger partial charge in [-0.2, -0.15) is 0 Å². The van der Waals surface area contributed by atoms with Gasteiger partial charge in [0.05, 0.1) is 18.1 Å². The molecule has 0 saturated carbocycles. The number of carbonyl (C=O) groups excluding carboxylic acids is 2. The summed E-state index contributed by atoms with van der Waals surface area (Å²) in [6, 6.07) is 5.83. The lowest BCUT2D eigenvalue weighted by atomic mass is 10.2. The summed E-state index contributed by atoms with van der Waals surface area (Å²) < 4.78 is 28.3. The second-order valence-corrected chi connectivity index (χ2v) is 8.17. The fourth-order valence-corrected chi connectivity index (χ4v) is 4.37. The van der Waals surface area contributed by atoms with Crippen LogP contribution in [0.2, 0.25) is 5.02 Å². The van der Waals surface area contributed by atoms with Crippen molar-refractivity contribution in [3.8, 4) is 0 Å². The molecule has 1 heterocycles. The van der Waals surface area contributed by atoms with E-state index in [1.54, 1.807) is 24.3 Å². The highest BCUT2D eigenvalue weighted by Crippen LogP contribution is 2.19. The number of nitrogens with zero attached hydrogens (tertiary/aromatic N) is 1. The van der Waals surface area contributed by atoms with Crippen LogP contribution < -0.4 is 5.32 Å². The van der Waals surface area contributed by atoms with E-state index in [1.165, 1.54) is 12.0 Å². The van der Waals surface area contributed by atoms with Crippen molar-refractivity contribution in [3.63, 3.8) is 0 Å². The van der Waals surface area contributed by atoms with Gasteiger partial charge in [0.15, 0.2) is 9.84 Å². The van der Waals surface area contributed by atoms with Crippen molar-refractivity contribution < 1.29 is 22.7 Å². The Labute approximate surface area is 145 Å². The van der Waals surface area contributed by atoms with E-state index in [1.807, 2.05) is 0 Å². The molecule has 24 heavy (non-hydrogen) atoms. The Kier molecular flexibility index (Phi) is 6.20. The van der Waals surface area contributed by atoms with Crippen molar-refractivity contribution in [2.75, 3.05) is 37.1 Å². The maximum atomic E-state index is 12.5. The second kappa shape index (κ2) is 7.96. The molecule has 1 fully saturated rings. The van der Waals surface area contributed by atoms with Gasteiger partial charge in [-0.15, -0.1) is 0 Å². The molecule has 1 aliphatic rings. The summed E-state index contributed by atoms with van der Waals surface area (Å²) in [5, 5.41) is 3.00. The SMILES string of the molecule is COCCN(C(=O)C(=O)Nc1ccc(Cl)cc1)C1CCS(=O)(=O)C1. The molecule has 7 nitrogen and oxygen atoms in total. The van der Waals surface area contributed by atoms with Crippen LogP contribution in [0, 0.1) is 0 Å². The average Bonchev–Trinajstić information content (AvgIpc) is 2.89. The lowest BCUT2D eigenvalue weighted by Gasteiger charge is -2.27. The maximum Gasteiger partial charge on any atom is 0.313 e. The first-order valence-electron chi connectivity index (χ1n) is 7.39. The zero-order valence-electron chi connectivity index (χ0n) is 13.2. The molecule has 9 heteroatoms. The van der Waals surface area contributed by atoms with E-state index in [2.05, 4.69) is 5.32 Å². The quantitative estimate of drug-likeness (QED) is 0.774. The zero-order valence-corrected chi connectivity index (χ0v) is 14.8. The fraction of sp³-hybridized carbons (Fsp3) is 0.467. The number of ether oxygens (including phenoxy) is 1. The summed E-state index contributed by atoms with van der Waals surface area (Å²) in [5.41, 5.74) is 0.434. The van der Waals surface area contributed by atoms with Gasteiger partial charge in [0.1, 0.15) is 0 Å². The normalized spacial score (nSPS) is 19.0. The largest absolute Gasteiger partial charge is 0.383 e. The van der Waals surface area contributed by atoms with E-state index in [0.29, 0.717) is 17.1 Å². The fourth-order valence-electron chi connectivity index (χ4n) is 2.51. The van der Waals surface area contributed by atoms with Crippen LogP contribution >= 0.6 is 11.6 Å². The smallest absolute Gasteiger partial charge is 0.313 e. The minimum absolute atomic E-state index is 0.0211. The monoisotopic (exact) mass is 374 g/mol. The van der Waals surface area contributed by atoms with Crippen LogP contribution in [0.4, 0.5) is 5.69 Å². The number of amides is 2. The van der Waals surface area contributed by atoms with E-state index >= 15 is 0 Å². The first kappa shape index (κ1) is 18.7. The minimum Gasteiger partial charge on any atom is -0.383 e. The van der Waals surface area contributed by atoms with Gasteiger partial charge < -0.3 is 15.0 Å². The predicted octanol–water partition coefficient (Wildman–Crippen LogP) is 0.941. The summed E-state index contributed by atoms with van der Waals surface area (Å²) >= 11 is 5.77. The number of sulfone groups is 1. The van der Waals surface area contributed by atoms with Crippen molar-refractivity contribution in [2.45, 2.75) is 12.5 Å². The van der Waals surface area contributed by atoms with Gasteiger partial charge >= 0.3 is 11.8 Å². The van der Waals surface area contributed by atoms with Crippen molar-refractivity contribution in [1.29, 1.82) is 0 Å². The Balaban J connectivity index is 2.08. The number of halogens is 1. The number of methoxy groups -OCH3 is 1.